The van der Waals surface area contributed by atoms with E-state index in [0.717, 1.165) is 18.0 Å². The lowest BCUT2D eigenvalue weighted by molar-refractivity contribution is 0.475. The molecule has 0 bridgehead atoms. The maximum Gasteiger partial charge on any atom is 0.0664 e. The van der Waals surface area contributed by atoms with Crippen molar-refractivity contribution in [3.63, 3.8) is 0 Å². The average Bonchev–Trinajstić information content (AvgIpc) is 3.24. The first-order chi connectivity index (χ1) is 8.88. The summed E-state index contributed by atoms with van der Waals surface area (Å²) in [7, 11) is 0. The molecule has 1 aromatic carbocycles. The molecule has 3 rings (SSSR count). The van der Waals surface area contributed by atoms with Crippen LogP contribution in [0.1, 0.15) is 37.4 Å². The zero-order valence-electron chi connectivity index (χ0n) is 10.5. The second kappa shape index (κ2) is 5.04. The number of hydrogen-bond donors (Lipinski definition) is 2. The SMILES string of the molecule is NNC(CCC1CC1)c1nccc2ccccc12. The quantitative estimate of drug-likeness (QED) is 0.625. The van der Waals surface area contributed by atoms with Gasteiger partial charge in [-0.15, -0.1) is 0 Å². The molecule has 18 heavy (non-hydrogen) atoms. The number of rotatable bonds is 5. The summed E-state index contributed by atoms with van der Waals surface area (Å²) < 4.78 is 0. The van der Waals surface area contributed by atoms with Crippen LogP contribution < -0.4 is 11.3 Å². The molecule has 2 aromatic rings. The molecule has 1 unspecified atom stereocenters. The lowest BCUT2D eigenvalue weighted by Crippen LogP contribution is -2.29. The second-order valence-corrected chi connectivity index (χ2v) is 5.16. The minimum absolute atomic E-state index is 0.164. The van der Waals surface area contributed by atoms with Crippen LogP contribution in [0.3, 0.4) is 0 Å². The molecule has 0 spiro atoms. The van der Waals surface area contributed by atoms with Crippen LogP contribution in [0.4, 0.5) is 0 Å². The van der Waals surface area contributed by atoms with Crippen molar-refractivity contribution in [3.05, 3.63) is 42.2 Å². The first-order valence-electron chi connectivity index (χ1n) is 6.68. The predicted molar refractivity (Wildman–Crippen MR) is 73.8 cm³/mol. The van der Waals surface area contributed by atoms with E-state index in [9.17, 15) is 0 Å². The van der Waals surface area contributed by atoms with E-state index in [2.05, 4.69) is 34.7 Å². The van der Waals surface area contributed by atoms with Crippen LogP contribution in [-0.2, 0) is 0 Å². The molecule has 94 valence electrons. The molecule has 3 nitrogen and oxygen atoms in total. The molecule has 0 saturated heterocycles. The van der Waals surface area contributed by atoms with E-state index in [1.54, 1.807) is 0 Å². The summed E-state index contributed by atoms with van der Waals surface area (Å²) in [4.78, 5) is 4.53. The molecule has 0 amide bonds. The fraction of sp³-hybridized carbons (Fsp3) is 0.400. The van der Waals surface area contributed by atoms with Gasteiger partial charge in [0.1, 0.15) is 0 Å². The number of hydrazine groups is 1. The smallest absolute Gasteiger partial charge is 0.0664 e. The fourth-order valence-electron chi connectivity index (χ4n) is 2.53. The third-order valence-corrected chi connectivity index (χ3v) is 3.80. The van der Waals surface area contributed by atoms with Crippen molar-refractivity contribution in [1.29, 1.82) is 0 Å². The Morgan fingerprint density at radius 1 is 1.28 bits per heavy atom. The highest BCUT2D eigenvalue weighted by Crippen LogP contribution is 2.36. The second-order valence-electron chi connectivity index (χ2n) is 5.16. The van der Waals surface area contributed by atoms with Gasteiger partial charge in [-0.05, 0) is 30.2 Å². The van der Waals surface area contributed by atoms with Crippen molar-refractivity contribution in [1.82, 2.24) is 10.4 Å². The monoisotopic (exact) mass is 241 g/mol. The summed E-state index contributed by atoms with van der Waals surface area (Å²) in [6, 6.07) is 10.6. The molecule has 1 aliphatic carbocycles. The van der Waals surface area contributed by atoms with Crippen molar-refractivity contribution >= 4 is 10.8 Å². The van der Waals surface area contributed by atoms with Gasteiger partial charge in [-0.3, -0.25) is 16.3 Å². The average molecular weight is 241 g/mol. The maximum absolute atomic E-state index is 5.71. The Morgan fingerprint density at radius 3 is 2.89 bits per heavy atom. The minimum atomic E-state index is 0.164. The highest BCUT2D eigenvalue weighted by atomic mass is 15.2. The van der Waals surface area contributed by atoms with Gasteiger partial charge in [0, 0.05) is 11.6 Å². The number of aromatic nitrogens is 1. The van der Waals surface area contributed by atoms with E-state index >= 15 is 0 Å². The number of fused-ring (bicyclic) bond motifs is 1. The molecule has 0 radical (unpaired) electrons. The van der Waals surface area contributed by atoms with Crippen molar-refractivity contribution < 1.29 is 0 Å². The van der Waals surface area contributed by atoms with Crippen LogP contribution in [0.2, 0.25) is 0 Å². The standard InChI is InChI=1S/C15H19N3/c16-18-14(8-7-11-5-6-11)15-13-4-2-1-3-12(13)9-10-17-15/h1-4,9-11,14,18H,5-8,16H2. The Balaban J connectivity index is 1.89. The first-order valence-corrected chi connectivity index (χ1v) is 6.68. The van der Waals surface area contributed by atoms with E-state index in [4.69, 9.17) is 5.84 Å². The third kappa shape index (κ3) is 2.37. The lowest BCUT2D eigenvalue weighted by atomic mass is 10.0. The number of nitrogens with zero attached hydrogens (tertiary/aromatic N) is 1. The van der Waals surface area contributed by atoms with Crippen LogP contribution in [0.15, 0.2) is 36.5 Å². The number of pyridine rings is 1. The van der Waals surface area contributed by atoms with Crippen molar-refractivity contribution in [3.8, 4) is 0 Å². The molecule has 1 saturated carbocycles. The fourth-order valence-corrected chi connectivity index (χ4v) is 2.53. The van der Waals surface area contributed by atoms with Crippen molar-refractivity contribution in [2.75, 3.05) is 0 Å². The molecule has 1 aliphatic rings. The van der Waals surface area contributed by atoms with Gasteiger partial charge in [-0.1, -0.05) is 37.1 Å². The molecule has 3 N–H and O–H groups in total. The summed E-state index contributed by atoms with van der Waals surface area (Å²) >= 11 is 0. The molecule has 1 heterocycles. The van der Waals surface area contributed by atoms with Gasteiger partial charge in [0.05, 0.1) is 11.7 Å². The summed E-state index contributed by atoms with van der Waals surface area (Å²) in [5.41, 5.74) is 4.01. The molecule has 0 aliphatic heterocycles. The topological polar surface area (TPSA) is 50.9 Å². The molecule has 1 fully saturated rings. The minimum Gasteiger partial charge on any atom is -0.271 e. The van der Waals surface area contributed by atoms with E-state index in [1.807, 2.05) is 12.3 Å². The van der Waals surface area contributed by atoms with Crippen LogP contribution in [0.25, 0.3) is 10.8 Å². The van der Waals surface area contributed by atoms with Gasteiger partial charge < -0.3 is 0 Å². The third-order valence-electron chi connectivity index (χ3n) is 3.80. The molecule has 1 atom stereocenters. The zero-order valence-corrected chi connectivity index (χ0v) is 10.5. The van der Waals surface area contributed by atoms with Gasteiger partial charge in [0.15, 0.2) is 0 Å². The van der Waals surface area contributed by atoms with Crippen molar-refractivity contribution in [2.45, 2.75) is 31.7 Å². The summed E-state index contributed by atoms with van der Waals surface area (Å²) in [5, 5.41) is 2.44. The van der Waals surface area contributed by atoms with Crippen LogP contribution in [0, 0.1) is 5.92 Å². The first kappa shape index (κ1) is 11.6. The summed E-state index contributed by atoms with van der Waals surface area (Å²) in [6.45, 7) is 0. The Kier molecular flexibility index (Phi) is 3.26. The maximum atomic E-state index is 5.71. The zero-order chi connectivity index (χ0) is 12.4. The Bertz CT molecular complexity index is 529. The van der Waals surface area contributed by atoms with E-state index in [1.165, 1.54) is 30.0 Å². The highest BCUT2D eigenvalue weighted by Gasteiger charge is 2.23. The molecular formula is C15H19N3. The van der Waals surface area contributed by atoms with Gasteiger partial charge in [-0.25, -0.2) is 0 Å². The lowest BCUT2D eigenvalue weighted by Gasteiger charge is -2.17. The predicted octanol–water partition coefficient (Wildman–Crippen LogP) is 2.93. The highest BCUT2D eigenvalue weighted by molar-refractivity contribution is 5.84. The Morgan fingerprint density at radius 2 is 2.11 bits per heavy atom. The van der Waals surface area contributed by atoms with Gasteiger partial charge in [0.2, 0.25) is 0 Å². The Hall–Kier alpha value is -1.45. The van der Waals surface area contributed by atoms with Gasteiger partial charge in [0.25, 0.3) is 0 Å². The van der Waals surface area contributed by atoms with Crippen LogP contribution in [0.5, 0.6) is 0 Å². The number of nitrogens with one attached hydrogen (secondary N) is 1. The van der Waals surface area contributed by atoms with Crippen molar-refractivity contribution in [2.24, 2.45) is 11.8 Å². The summed E-state index contributed by atoms with van der Waals surface area (Å²) in [6.07, 6.45) is 6.97. The summed E-state index contributed by atoms with van der Waals surface area (Å²) in [5.74, 6) is 6.64. The van der Waals surface area contributed by atoms with Crippen LogP contribution >= 0.6 is 0 Å². The molecule has 1 aromatic heterocycles. The molecule has 3 heteroatoms. The Labute approximate surface area is 107 Å². The van der Waals surface area contributed by atoms with Gasteiger partial charge in [-0.2, -0.15) is 0 Å². The largest absolute Gasteiger partial charge is 0.271 e. The number of benzene rings is 1. The van der Waals surface area contributed by atoms with E-state index in [-0.39, 0.29) is 6.04 Å². The van der Waals surface area contributed by atoms with Crippen LogP contribution in [-0.4, -0.2) is 4.98 Å². The number of nitrogens with two attached hydrogens (primary N) is 1. The number of hydrogen-bond acceptors (Lipinski definition) is 3. The molecular weight excluding hydrogens is 222 g/mol. The van der Waals surface area contributed by atoms with Gasteiger partial charge >= 0.3 is 0 Å². The van der Waals surface area contributed by atoms with E-state index in [0.29, 0.717) is 0 Å². The normalized spacial score (nSPS) is 16.9. The van der Waals surface area contributed by atoms with E-state index < -0.39 is 0 Å².